The number of methoxy groups -OCH3 is 1. The van der Waals surface area contributed by atoms with Crippen LogP contribution < -0.4 is 10.1 Å². The van der Waals surface area contributed by atoms with Crippen molar-refractivity contribution >= 4 is 40.3 Å². The molecule has 1 N–H and O–H groups in total. The Morgan fingerprint density at radius 1 is 1.48 bits per heavy atom. The van der Waals surface area contributed by atoms with E-state index in [-0.39, 0.29) is 23.1 Å². The predicted octanol–water partition coefficient (Wildman–Crippen LogP) is 3.19. The molecule has 3 rings (SSSR count). The number of rotatable bonds is 6. The fourth-order valence-electron chi connectivity index (χ4n) is 2.54. The Kier molecular flexibility index (Phi) is 5.76. The van der Waals surface area contributed by atoms with Gasteiger partial charge in [-0.25, -0.2) is 9.78 Å². The molecule has 3 aromatic heterocycles. The minimum absolute atomic E-state index is 0.185. The van der Waals surface area contributed by atoms with Crippen molar-refractivity contribution in [2.45, 2.75) is 19.9 Å². The average molecular weight is 411 g/mol. The van der Waals surface area contributed by atoms with Gasteiger partial charge in [0.2, 0.25) is 11.7 Å². The Hall–Kier alpha value is -2.46. The van der Waals surface area contributed by atoms with Crippen LogP contribution in [0.2, 0.25) is 5.15 Å². The van der Waals surface area contributed by atoms with Gasteiger partial charge in [0.25, 0.3) is 0 Å². The fourth-order valence-corrected chi connectivity index (χ4v) is 2.97. The molecule has 0 aromatic carbocycles. The lowest BCUT2D eigenvalue weighted by atomic mass is 10.3. The Morgan fingerprint density at radius 2 is 2.26 bits per heavy atom. The van der Waals surface area contributed by atoms with Crippen molar-refractivity contribution in [2.24, 2.45) is 0 Å². The molecule has 0 aliphatic heterocycles. The number of fused-ring (bicyclic) bond motifs is 1. The number of carbonyl (C=O) groups excluding carboxylic acids is 1. The van der Waals surface area contributed by atoms with Crippen LogP contribution in [0.15, 0.2) is 18.5 Å². The van der Waals surface area contributed by atoms with E-state index in [0.717, 1.165) is 17.5 Å². The summed E-state index contributed by atoms with van der Waals surface area (Å²) in [6.45, 7) is 3.93. The molecule has 9 nitrogen and oxygen atoms in total. The molecule has 1 unspecified atom stereocenters. The van der Waals surface area contributed by atoms with Crippen molar-refractivity contribution in [3.8, 4) is 11.6 Å². The summed E-state index contributed by atoms with van der Waals surface area (Å²) in [6.07, 6.45) is 5.05. The van der Waals surface area contributed by atoms with Crippen molar-refractivity contribution in [1.29, 1.82) is 0 Å². The number of aromatic nitrogens is 5. The maximum atomic E-state index is 11.4. The van der Waals surface area contributed by atoms with Crippen LogP contribution in [0.25, 0.3) is 11.5 Å². The van der Waals surface area contributed by atoms with Gasteiger partial charge >= 0.3 is 5.30 Å². The van der Waals surface area contributed by atoms with Crippen LogP contribution in [0.1, 0.15) is 12.6 Å². The molecule has 3 heterocycles. The van der Waals surface area contributed by atoms with Crippen LogP contribution in [0.3, 0.4) is 0 Å². The molecular formula is C16H19ClN6O3S. The Morgan fingerprint density at radius 3 is 2.96 bits per heavy atom. The summed E-state index contributed by atoms with van der Waals surface area (Å²) < 4.78 is 13.9. The number of anilines is 1. The second-order valence-corrected chi connectivity index (χ2v) is 6.85. The van der Waals surface area contributed by atoms with Crippen molar-refractivity contribution in [3.63, 3.8) is 0 Å². The van der Waals surface area contributed by atoms with Crippen LogP contribution in [0, 0.1) is 6.92 Å². The second kappa shape index (κ2) is 8.05. The second-order valence-electron chi connectivity index (χ2n) is 5.75. The van der Waals surface area contributed by atoms with Crippen molar-refractivity contribution in [1.82, 2.24) is 24.1 Å². The van der Waals surface area contributed by atoms with Gasteiger partial charge in [-0.1, -0.05) is 11.6 Å². The first-order valence-corrected chi connectivity index (χ1v) is 9.65. The van der Waals surface area contributed by atoms with E-state index in [2.05, 4.69) is 20.4 Å². The van der Waals surface area contributed by atoms with Gasteiger partial charge in [-0.15, -0.1) is 0 Å². The monoisotopic (exact) mass is 410 g/mol. The van der Waals surface area contributed by atoms with E-state index >= 15 is 0 Å². The van der Waals surface area contributed by atoms with Gasteiger partial charge in [0.1, 0.15) is 18.1 Å². The summed E-state index contributed by atoms with van der Waals surface area (Å²) in [6, 6.07) is 1.59. The van der Waals surface area contributed by atoms with Gasteiger partial charge in [-0.2, -0.15) is 14.8 Å². The van der Waals surface area contributed by atoms with Crippen molar-refractivity contribution in [2.75, 3.05) is 25.3 Å². The molecule has 3 aromatic rings. The standard InChI is InChI=1S/C16H19ClN6O3S/c1-9-7-11(25-3)23(21-9)12-13(17)20-15-18-5-6-22(15)14(12)19-10(2)8-26-16(24)27-4/h5-7,10,19H,8H2,1-4H3. The average Bonchev–Trinajstić information content (AvgIpc) is 3.25. The molecule has 0 saturated heterocycles. The summed E-state index contributed by atoms with van der Waals surface area (Å²) in [5.74, 6) is 1.55. The lowest BCUT2D eigenvalue weighted by Gasteiger charge is -2.20. The zero-order valence-electron chi connectivity index (χ0n) is 15.3. The molecule has 0 aliphatic rings. The van der Waals surface area contributed by atoms with Gasteiger partial charge in [0.05, 0.1) is 18.8 Å². The Bertz CT molecular complexity index is 973. The number of hydrogen-bond acceptors (Lipinski definition) is 8. The number of hydrogen-bond donors (Lipinski definition) is 1. The first kappa shape index (κ1) is 19.3. The third-order valence-corrected chi connectivity index (χ3v) is 4.42. The highest BCUT2D eigenvalue weighted by Crippen LogP contribution is 2.32. The molecule has 0 aliphatic carbocycles. The molecular weight excluding hydrogens is 392 g/mol. The summed E-state index contributed by atoms with van der Waals surface area (Å²) in [7, 11) is 1.56. The van der Waals surface area contributed by atoms with E-state index in [9.17, 15) is 4.79 Å². The molecule has 0 saturated carbocycles. The maximum absolute atomic E-state index is 11.4. The molecule has 144 valence electrons. The van der Waals surface area contributed by atoms with Crippen molar-refractivity contribution in [3.05, 3.63) is 29.3 Å². The topological polar surface area (TPSA) is 95.6 Å². The minimum atomic E-state index is -0.339. The van der Waals surface area contributed by atoms with E-state index in [0.29, 0.717) is 23.2 Å². The molecule has 0 radical (unpaired) electrons. The molecule has 0 fully saturated rings. The molecule has 0 bridgehead atoms. The van der Waals surface area contributed by atoms with E-state index in [1.807, 2.05) is 13.8 Å². The van der Waals surface area contributed by atoms with Gasteiger partial charge in [0, 0.05) is 18.5 Å². The minimum Gasteiger partial charge on any atom is -0.481 e. The first-order chi connectivity index (χ1) is 12.9. The van der Waals surface area contributed by atoms with E-state index in [4.69, 9.17) is 21.1 Å². The van der Waals surface area contributed by atoms with Gasteiger partial charge in [-0.05, 0) is 31.9 Å². The van der Waals surface area contributed by atoms with Crippen LogP contribution in [-0.4, -0.2) is 55.5 Å². The van der Waals surface area contributed by atoms with E-state index in [1.165, 1.54) is 0 Å². The van der Waals surface area contributed by atoms with E-state index < -0.39 is 0 Å². The fraction of sp³-hybridized carbons (Fsp3) is 0.375. The Balaban J connectivity index is 2.06. The third-order valence-electron chi connectivity index (χ3n) is 3.70. The zero-order valence-corrected chi connectivity index (χ0v) is 16.8. The number of thioether (sulfide) groups is 1. The van der Waals surface area contributed by atoms with E-state index in [1.54, 1.807) is 40.9 Å². The van der Waals surface area contributed by atoms with Crippen LogP contribution in [-0.2, 0) is 4.74 Å². The van der Waals surface area contributed by atoms with Gasteiger partial charge in [-0.3, -0.25) is 4.40 Å². The Labute approximate surface area is 165 Å². The highest BCUT2D eigenvalue weighted by atomic mass is 35.5. The number of aryl methyl sites for hydroxylation is 1. The summed E-state index contributed by atoms with van der Waals surface area (Å²) in [5, 5.41) is 7.65. The van der Waals surface area contributed by atoms with Crippen molar-refractivity contribution < 1.29 is 14.3 Å². The van der Waals surface area contributed by atoms with Crippen LogP contribution in [0.5, 0.6) is 5.88 Å². The predicted molar refractivity (Wildman–Crippen MR) is 104 cm³/mol. The normalized spacial score (nSPS) is 12.2. The summed E-state index contributed by atoms with van der Waals surface area (Å²) in [5.41, 5.74) is 1.27. The molecule has 0 amide bonds. The maximum Gasteiger partial charge on any atom is 0.367 e. The highest BCUT2D eigenvalue weighted by molar-refractivity contribution is 8.12. The lowest BCUT2D eigenvalue weighted by Crippen LogP contribution is -2.25. The number of nitrogens with zero attached hydrogens (tertiary/aromatic N) is 5. The molecule has 1 atom stereocenters. The highest BCUT2D eigenvalue weighted by Gasteiger charge is 2.22. The summed E-state index contributed by atoms with van der Waals surface area (Å²) in [4.78, 5) is 19.9. The number of ether oxygens (including phenoxy) is 2. The number of carbonyl (C=O) groups is 1. The van der Waals surface area contributed by atoms with Crippen LogP contribution >= 0.6 is 23.4 Å². The van der Waals surface area contributed by atoms with Gasteiger partial charge < -0.3 is 14.8 Å². The first-order valence-electron chi connectivity index (χ1n) is 8.05. The van der Waals surface area contributed by atoms with Gasteiger partial charge in [0.15, 0.2) is 5.15 Å². The molecule has 11 heteroatoms. The number of imidazole rings is 1. The number of nitrogens with one attached hydrogen (secondary N) is 1. The summed E-state index contributed by atoms with van der Waals surface area (Å²) >= 11 is 7.48. The SMILES string of the molecule is COc1cc(C)nn1-c1c(Cl)nc2nccn2c1NC(C)COC(=O)SC. The number of halogens is 1. The lowest BCUT2D eigenvalue weighted by molar-refractivity contribution is 0.171. The largest absolute Gasteiger partial charge is 0.481 e. The third kappa shape index (κ3) is 3.96. The molecule has 27 heavy (non-hydrogen) atoms. The zero-order chi connectivity index (χ0) is 19.6. The quantitative estimate of drug-likeness (QED) is 0.489. The molecule has 0 spiro atoms. The smallest absolute Gasteiger partial charge is 0.367 e. The van der Waals surface area contributed by atoms with Crippen LogP contribution in [0.4, 0.5) is 10.6 Å².